The Labute approximate surface area is 138 Å². The standard InChI is InChI=1S/C20H25NO2/c1-13-8-6-7-9-15(13)19-16-11-18(23-5)17(22-4)10-14(16)12-20(2,3)21-19/h6-11,19,21H,12H2,1-5H3. The molecule has 3 heteroatoms. The highest BCUT2D eigenvalue weighted by Gasteiger charge is 2.33. The van der Waals surface area contributed by atoms with Gasteiger partial charge in [0.15, 0.2) is 11.5 Å². The van der Waals surface area contributed by atoms with E-state index in [2.05, 4.69) is 62.5 Å². The van der Waals surface area contributed by atoms with E-state index in [1.54, 1.807) is 14.2 Å². The number of nitrogens with one attached hydrogen (secondary N) is 1. The van der Waals surface area contributed by atoms with Crippen molar-refractivity contribution in [3.63, 3.8) is 0 Å². The fourth-order valence-electron chi connectivity index (χ4n) is 3.51. The third-order valence-corrected chi connectivity index (χ3v) is 4.62. The van der Waals surface area contributed by atoms with Crippen molar-refractivity contribution in [2.24, 2.45) is 0 Å². The lowest BCUT2D eigenvalue weighted by atomic mass is 9.80. The maximum Gasteiger partial charge on any atom is 0.161 e. The minimum absolute atomic E-state index is 0.0273. The summed E-state index contributed by atoms with van der Waals surface area (Å²) in [4.78, 5) is 0. The molecule has 0 saturated carbocycles. The van der Waals surface area contributed by atoms with Crippen molar-refractivity contribution in [2.45, 2.75) is 38.8 Å². The van der Waals surface area contributed by atoms with Gasteiger partial charge in [0.05, 0.1) is 20.3 Å². The lowest BCUT2D eigenvalue weighted by Crippen LogP contribution is -2.48. The Hall–Kier alpha value is -2.00. The molecule has 2 aromatic rings. The number of fused-ring (bicyclic) bond motifs is 1. The molecule has 3 nitrogen and oxygen atoms in total. The summed E-state index contributed by atoms with van der Waals surface area (Å²) < 4.78 is 11.0. The molecule has 1 atom stereocenters. The van der Waals surface area contributed by atoms with Gasteiger partial charge in [-0.05, 0) is 61.6 Å². The predicted octanol–water partition coefficient (Wildman–Crippen LogP) is 4.03. The van der Waals surface area contributed by atoms with Gasteiger partial charge in [0.25, 0.3) is 0 Å². The molecule has 1 aliphatic heterocycles. The van der Waals surface area contributed by atoms with Gasteiger partial charge in [-0.1, -0.05) is 24.3 Å². The van der Waals surface area contributed by atoms with Crippen LogP contribution in [0.15, 0.2) is 36.4 Å². The maximum atomic E-state index is 5.52. The molecule has 0 amide bonds. The molecule has 0 aromatic heterocycles. The predicted molar refractivity (Wildman–Crippen MR) is 93.5 cm³/mol. The Kier molecular flexibility index (Phi) is 4.07. The average Bonchev–Trinajstić information content (AvgIpc) is 2.52. The zero-order valence-corrected chi connectivity index (χ0v) is 14.6. The number of ether oxygens (including phenoxy) is 2. The SMILES string of the molecule is COc1cc2c(cc1OC)C(c1ccccc1C)NC(C)(C)C2. The van der Waals surface area contributed by atoms with Gasteiger partial charge in [-0.3, -0.25) is 0 Å². The normalized spacial score (nSPS) is 19.1. The summed E-state index contributed by atoms with van der Waals surface area (Å²) in [5.74, 6) is 1.58. The van der Waals surface area contributed by atoms with Crippen LogP contribution < -0.4 is 14.8 Å². The van der Waals surface area contributed by atoms with E-state index in [0.717, 1.165) is 17.9 Å². The Morgan fingerprint density at radius 1 is 1.00 bits per heavy atom. The topological polar surface area (TPSA) is 30.5 Å². The second-order valence-corrected chi connectivity index (χ2v) is 6.90. The van der Waals surface area contributed by atoms with E-state index >= 15 is 0 Å². The van der Waals surface area contributed by atoms with Crippen LogP contribution >= 0.6 is 0 Å². The molecular formula is C20H25NO2. The van der Waals surface area contributed by atoms with Crippen molar-refractivity contribution in [3.05, 3.63) is 58.7 Å². The Bertz CT molecular complexity index is 722. The number of benzene rings is 2. The fraction of sp³-hybridized carbons (Fsp3) is 0.400. The lowest BCUT2D eigenvalue weighted by Gasteiger charge is -2.40. The second kappa shape index (κ2) is 5.89. The van der Waals surface area contributed by atoms with Gasteiger partial charge in [0.2, 0.25) is 0 Å². The van der Waals surface area contributed by atoms with Crippen molar-refractivity contribution in [1.29, 1.82) is 0 Å². The van der Waals surface area contributed by atoms with Gasteiger partial charge >= 0.3 is 0 Å². The molecular weight excluding hydrogens is 286 g/mol. The van der Waals surface area contributed by atoms with Crippen molar-refractivity contribution in [3.8, 4) is 11.5 Å². The summed E-state index contributed by atoms with van der Waals surface area (Å²) in [6.07, 6.45) is 0.963. The molecule has 2 aromatic carbocycles. The molecule has 0 aliphatic carbocycles. The Morgan fingerprint density at radius 3 is 2.30 bits per heavy atom. The van der Waals surface area contributed by atoms with Crippen LogP contribution in [-0.2, 0) is 6.42 Å². The van der Waals surface area contributed by atoms with E-state index in [4.69, 9.17) is 9.47 Å². The highest BCUT2D eigenvalue weighted by atomic mass is 16.5. The summed E-state index contributed by atoms with van der Waals surface area (Å²) >= 11 is 0. The summed E-state index contributed by atoms with van der Waals surface area (Å²) in [6.45, 7) is 6.66. The zero-order valence-electron chi connectivity index (χ0n) is 14.6. The molecule has 1 heterocycles. The summed E-state index contributed by atoms with van der Waals surface area (Å²) in [5, 5.41) is 3.80. The molecule has 23 heavy (non-hydrogen) atoms. The van der Waals surface area contributed by atoms with Crippen LogP contribution in [-0.4, -0.2) is 19.8 Å². The van der Waals surface area contributed by atoms with Crippen molar-refractivity contribution >= 4 is 0 Å². The summed E-state index contributed by atoms with van der Waals surface area (Å²) in [6, 6.07) is 13.0. The van der Waals surface area contributed by atoms with E-state index in [1.807, 2.05) is 0 Å². The van der Waals surface area contributed by atoms with Crippen LogP contribution in [0, 0.1) is 6.92 Å². The number of methoxy groups -OCH3 is 2. The Morgan fingerprint density at radius 2 is 1.65 bits per heavy atom. The highest BCUT2D eigenvalue weighted by Crippen LogP contribution is 2.41. The third kappa shape index (κ3) is 2.93. The lowest BCUT2D eigenvalue weighted by molar-refractivity contribution is 0.323. The molecule has 0 radical (unpaired) electrons. The minimum atomic E-state index is 0.0273. The van der Waals surface area contributed by atoms with Gasteiger partial charge in [-0.25, -0.2) is 0 Å². The van der Waals surface area contributed by atoms with Crippen LogP contribution in [0.5, 0.6) is 11.5 Å². The Balaban J connectivity index is 2.18. The number of rotatable bonds is 3. The van der Waals surface area contributed by atoms with Gasteiger partial charge in [-0.2, -0.15) is 0 Å². The van der Waals surface area contributed by atoms with Crippen molar-refractivity contribution in [1.82, 2.24) is 5.32 Å². The first kappa shape index (κ1) is 15.9. The quantitative estimate of drug-likeness (QED) is 0.928. The van der Waals surface area contributed by atoms with Crippen molar-refractivity contribution in [2.75, 3.05) is 14.2 Å². The van der Waals surface area contributed by atoms with E-state index < -0.39 is 0 Å². The van der Waals surface area contributed by atoms with Crippen LogP contribution in [0.25, 0.3) is 0 Å². The largest absolute Gasteiger partial charge is 0.493 e. The fourth-order valence-corrected chi connectivity index (χ4v) is 3.51. The van der Waals surface area contributed by atoms with E-state index in [-0.39, 0.29) is 11.6 Å². The van der Waals surface area contributed by atoms with Crippen LogP contribution in [0.3, 0.4) is 0 Å². The minimum Gasteiger partial charge on any atom is -0.493 e. The number of hydrogen-bond donors (Lipinski definition) is 1. The summed E-state index contributed by atoms with van der Waals surface area (Å²) in [7, 11) is 3.38. The molecule has 122 valence electrons. The molecule has 0 fully saturated rings. The zero-order chi connectivity index (χ0) is 16.6. The first-order valence-electron chi connectivity index (χ1n) is 8.03. The molecule has 1 aliphatic rings. The molecule has 1 N–H and O–H groups in total. The molecule has 3 rings (SSSR count). The average molecular weight is 311 g/mol. The summed E-state index contributed by atoms with van der Waals surface area (Å²) in [5.41, 5.74) is 5.23. The molecule has 0 spiro atoms. The van der Waals surface area contributed by atoms with Gasteiger partial charge in [0, 0.05) is 5.54 Å². The molecule has 0 saturated heterocycles. The first-order chi connectivity index (χ1) is 10.9. The van der Waals surface area contributed by atoms with E-state index in [0.29, 0.717) is 0 Å². The number of hydrogen-bond acceptors (Lipinski definition) is 3. The van der Waals surface area contributed by atoms with E-state index in [1.165, 1.54) is 22.3 Å². The monoisotopic (exact) mass is 311 g/mol. The van der Waals surface area contributed by atoms with Gasteiger partial charge in [0.1, 0.15) is 0 Å². The van der Waals surface area contributed by atoms with Gasteiger partial charge < -0.3 is 14.8 Å². The van der Waals surface area contributed by atoms with E-state index in [9.17, 15) is 0 Å². The first-order valence-corrected chi connectivity index (χ1v) is 8.03. The molecule has 1 unspecified atom stereocenters. The third-order valence-electron chi connectivity index (χ3n) is 4.62. The maximum absolute atomic E-state index is 5.52. The van der Waals surface area contributed by atoms with Crippen LogP contribution in [0.2, 0.25) is 0 Å². The number of aryl methyl sites for hydroxylation is 1. The van der Waals surface area contributed by atoms with Crippen LogP contribution in [0.4, 0.5) is 0 Å². The molecule has 0 bridgehead atoms. The van der Waals surface area contributed by atoms with Gasteiger partial charge in [-0.15, -0.1) is 0 Å². The van der Waals surface area contributed by atoms with Crippen LogP contribution in [0.1, 0.15) is 42.1 Å². The van der Waals surface area contributed by atoms with Crippen molar-refractivity contribution < 1.29 is 9.47 Å². The highest BCUT2D eigenvalue weighted by molar-refractivity contribution is 5.53. The second-order valence-electron chi connectivity index (χ2n) is 6.90. The smallest absolute Gasteiger partial charge is 0.161 e.